The van der Waals surface area contributed by atoms with Crippen molar-refractivity contribution in [3.8, 4) is 0 Å². The molecule has 0 aliphatic heterocycles. The van der Waals surface area contributed by atoms with E-state index in [-0.39, 0.29) is 16.8 Å². The molecule has 0 spiro atoms. The van der Waals surface area contributed by atoms with Gasteiger partial charge < -0.3 is 15.5 Å². The average molecular weight is 208 g/mol. The predicted molar refractivity (Wildman–Crippen MR) is 57.1 cm³/mol. The summed E-state index contributed by atoms with van der Waals surface area (Å²) in [6.45, 7) is 2.00. The molecule has 5 heteroatoms. The van der Waals surface area contributed by atoms with Crippen molar-refractivity contribution >= 4 is 17.9 Å². The number of rotatable bonds is 3. The molecular weight excluding hydrogens is 196 g/mol. The van der Waals surface area contributed by atoms with Crippen LogP contribution in [-0.2, 0) is 9.53 Å². The van der Waals surface area contributed by atoms with Crippen molar-refractivity contribution in [1.82, 2.24) is 4.98 Å². The minimum atomic E-state index is -0.500. The number of nitrogens with one attached hydrogen (secondary N) is 1. The molecule has 1 aromatic heterocycles. The maximum atomic E-state index is 11.3. The summed E-state index contributed by atoms with van der Waals surface area (Å²) >= 11 is 0. The Morgan fingerprint density at radius 2 is 2.40 bits per heavy atom. The Labute approximate surface area is 86.6 Å². The van der Waals surface area contributed by atoms with E-state index < -0.39 is 5.97 Å². The van der Waals surface area contributed by atoms with E-state index in [4.69, 9.17) is 5.73 Å². The first-order valence-corrected chi connectivity index (χ1v) is 4.47. The summed E-state index contributed by atoms with van der Waals surface area (Å²) in [5, 5.41) is 0. The number of ether oxygens (including phenoxy) is 1. The fourth-order valence-corrected chi connectivity index (χ4v) is 1.02. The molecule has 0 atom stereocenters. The third-order valence-corrected chi connectivity index (χ3v) is 1.70. The molecule has 0 amide bonds. The molecule has 1 rings (SSSR count). The zero-order valence-electron chi connectivity index (χ0n) is 8.32. The number of carbonyl (C=O) groups excluding carboxylic acids is 1. The standard InChI is InChI=1S/C10H12N2O3/c1-2-15-9(14)4-3-7-8(13)5-6-12-10(7)11/h3-6H,2H2,1H3,(H3,11,12,13)/b4-3-. The Kier molecular flexibility index (Phi) is 3.68. The summed E-state index contributed by atoms with van der Waals surface area (Å²) in [7, 11) is 0. The summed E-state index contributed by atoms with van der Waals surface area (Å²) in [6, 6.07) is 1.33. The molecule has 0 radical (unpaired) electrons. The Morgan fingerprint density at radius 3 is 3.00 bits per heavy atom. The highest BCUT2D eigenvalue weighted by molar-refractivity contribution is 5.87. The average Bonchev–Trinajstić information content (AvgIpc) is 2.17. The highest BCUT2D eigenvalue weighted by Gasteiger charge is 2.01. The van der Waals surface area contributed by atoms with Crippen molar-refractivity contribution in [1.29, 1.82) is 0 Å². The molecule has 5 nitrogen and oxygen atoms in total. The fraction of sp³-hybridized carbons (Fsp3) is 0.200. The van der Waals surface area contributed by atoms with Gasteiger partial charge in [0.05, 0.1) is 12.2 Å². The number of nitrogen functional groups attached to an aromatic ring is 1. The van der Waals surface area contributed by atoms with Gasteiger partial charge in [0.2, 0.25) is 0 Å². The quantitative estimate of drug-likeness (QED) is 0.560. The molecule has 0 fully saturated rings. The van der Waals surface area contributed by atoms with Crippen LogP contribution in [0.25, 0.3) is 6.08 Å². The number of hydrogen-bond acceptors (Lipinski definition) is 4. The van der Waals surface area contributed by atoms with Crippen molar-refractivity contribution in [3.05, 3.63) is 34.1 Å². The molecule has 1 aromatic rings. The molecule has 0 aliphatic carbocycles. The van der Waals surface area contributed by atoms with Crippen LogP contribution in [0.4, 0.5) is 5.82 Å². The lowest BCUT2D eigenvalue weighted by Crippen LogP contribution is -2.09. The third kappa shape index (κ3) is 2.98. The Bertz CT molecular complexity index is 435. The van der Waals surface area contributed by atoms with Gasteiger partial charge in [0.1, 0.15) is 5.82 Å². The van der Waals surface area contributed by atoms with Crippen molar-refractivity contribution in [2.24, 2.45) is 0 Å². The highest BCUT2D eigenvalue weighted by Crippen LogP contribution is 2.03. The van der Waals surface area contributed by atoms with Crippen LogP contribution < -0.4 is 11.2 Å². The molecule has 0 aromatic carbocycles. The van der Waals surface area contributed by atoms with E-state index in [2.05, 4.69) is 9.72 Å². The van der Waals surface area contributed by atoms with Gasteiger partial charge in [-0.05, 0) is 13.0 Å². The topological polar surface area (TPSA) is 85.2 Å². The normalized spacial score (nSPS) is 10.5. The smallest absolute Gasteiger partial charge is 0.330 e. The summed E-state index contributed by atoms with van der Waals surface area (Å²) in [5.41, 5.74) is 5.53. The number of esters is 1. The zero-order chi connectivity index (χ0) is 11.3. The Balaban J connectivity index is 2.90. The number of H-pyrrole nitrogens is 1. The molecule has 3 N–H and O–H groups in total. The lowest BCUT2D eigenvalue weighted by molar-refractivity contribution is -0.137. The molecule has 0 saturated carbocycles. The lowest BCUT2D eigenvalue weighted by Gasteiger charge is -1.98. The van der Waals surface area contributed by atoms with Crippen LogP contribution in [0.15, 0.2) is 23.1 Å². The Hall–Kier alpha value is -2.04. The third-order valence-electron chi connectivity index (χ3n) is 1.70. The number of nitrogens with two attached hydrogens (primary N) is 1. The van der Waals surface area contributed by atoms with Crippen LogP contribution in [0.5, 0.6) is 0 Å². The largest absolute Gasteiger partial charge is 0.463 e. The molecular formula is C10H12N2O3. The minimum Gasteiger partial charge on any atom is -0.463 e. The molecule has 0 aliphatic rings. The SMILES string of the molecule is CCOC(=O)/C=C\c1c(N)[nH]ccc1=O. The number of carbonyl (C=O) groups is 1. The van der Waals surface area contributed by atoms with Gasteiger partial charge in [-0.2, -0.15) is 0 Å². The van der Waals surface area contributed by atoms with Gasteiger partial charge in [0.15, 0.2) is 5.43 Å². The maximum absolute atomic E-state index is 11.3. The second kappa shape index (κ2) is 4.99. The van der Waals surface area contributed by atoms with Gasteiger partial charge in [-0.1, -0.05) is 0 Å². The van der Waals surface area contributed by atoms with E-state index in [0.717, 1.165) is 0 Å². The van der Waals surface area contributed by atoms with Gasteiger partial charge in [-0.25, -0.2) is 4.79 Å². The first-order chi connectivity index (χ1) is 7.15. The van der Waals surface area contributed by atoms with Crippen molar-refractivity contribution in [3.63, 3.8) is 0 Å². The fourth-order valence-electron chi connectivity index (χ4n) is 1.02. The first-order valence-electron chi connectivity index (χ1n) is 4.47. The van der Waals surface area contributed by atoms with Crippen LogP contribution in [0.3, 0.4) is 0 Å². The number of hydrogen-bond donors (Lipinski definition) is 2. The zero-order valence-corrected chi connectivity index (χ0v) is 8.32. The van der Waals surface area contributed by atoms with Crippen LogP contribution in [0, 0.1) is 0 Å². The van der Waals surface area contributed by atoms with E-state index in [0.29, 0.717) is 6.61 Å². The van der Waals surface area contributed by atoms with Crippen LogP contribution in [0.1, 0.15) is 12.5 Å². The van der Waals surface area contributed by atoms with E-state index in [9.17, 15) is 9.59 Å². The van der Waals surface area contributed by atoms with Gasteiger partial charge in [0, 0.05) is 18.3 Å². The molecule has 1 heterocycles. The molecule has 0 bridgehead atoms. The number of anilines is 1. The van der Waals surface area contributed by atoms with Crippen molar-refractivity contribution < 1.29 is 9.53 Å². The molecule has 15 heavy (non-hydrogen) atoms. The second-order valence-electron chi connectivity index (χ2n) is 2.75. The van der Waals surface area contributed by atoms with Gasteiger partial charge in [-0.15, -0.1) is 0 Å². The maximum Gasteiger partial charge on any atom is 0.330 e. The van der Waals surface area contributed by atoms with Crippen LogP contribution in [0.2, 0.25) is 0 Å². The predicted octanol–water partition coefficient (Wildman–Crippen LogP) is 0.533. The highest BCUT2D eigenvalue weighted by atomic mass is 16.5. The summed E-state index contributed by atoms with van der Waals surface area (Å²) in [5.74, 6) is -0.275. The van der Waals surface area contributed by atoms with Crippen LogP contribution >= 0.6 is 0 Å². The van der Waals surface area contributed by atoms with E-state index in [1.165, 1.54) is 24.4 Å². The number of pyridine rings is 1. The summed E-state index contributed by atoms with van der Waals surface area (Å²) in [4.78, 5) is 25.0. The van der Waals surface area contributed by atoms with Gasteiger partial charge in [0.25, 0.3) is 0 Å². The van der Waals surface area contributed by atoms with Gasteiger partial charge in [-0.3, -0.25) is 4.79 Å². The van der Waals surface area contributed by atoms with E-state index >= 15 is 0 Å². The number of aromatic amines is 1. The monoisotopic (exact) mass is 208 g/mol. The van der Waals surface area contributed by atoms with Crippen molar-refractivity contribution in [2.75, 3.05) is 12.3 Å². The molecule has 80 valence electrons. The number of aromatic nitrogens is 1. The lowest BCUT2D eigenvalue weighted by atomic mass is 10.2. The van der Waals surface area contributed by atoms with E-state index in [1.54, 1.807) is 6.92 Å². The van der Waals surface area contributed by atoms with Crippen molar-refractivity contribution in [2.45, 2.75) is 6.92 Å². The summed E-state index contributed by atoms with van der Waals surface area (Å²) in [6.07, 6.45) is 3.95. The Morgan fingerprint density at radius 1 is 1.67 bits per heavy atom. The van der Waals surface area contributed by atoms with Crippen LogP contribution in [-0.4, -0.2) is 17.6 Å². The summed E-state index contributed by atoms with van der Waals surface area (Å²) < 4.78 is 4.66. The molecule has 0 unspecified atom stereocenters. The van der Waals surface area contributed by atoms with Gasteiger partial charge >= 0.3 is 5.97 Å². The first kappa shape index (κ1) is 11.0. The second-order valence-corrected chi connectivity index (χ2v) is 2.75. The minimum absolute atomic E-state index is 0.225. The molecule has 0 saturated heterocycles. The van der Waals surface area contributed by atoms with E-state index in [1.807, 2.05) is 0 Å².